The van der Waals surface area contributed by atoms with Gasteiger partial charge in [-0.3, -0.25) is 4.79 Å². The zero-order valence-corrected chi connectivity index (χ0v) is 16.0. The molecule has 0 fully saturated rings. The summed E-state index contributed by atoms with van der Waals surface area (Å²) in [5, 5.41) is 3.67. The molecule has 0 atom stereocenters. The first-order valence-corrected chi connectivity index (χ1v) is 9.24. The van der Waals surface area contributed by atoms with E-state index in [4.69, 9.17) is 27.6 Å². The van der Waals surface area contributed by atoms with Crippen molar-refractivity contribution < 1.29 is 9.21 Å². The van der Waals surface area contributed by atoms with Crippen LogP contribution < -0.4 is 5.32 Å². The molecule has 0 aliphatic rings. The highest BCUT2D eigenvalue weighted by molar-refractivity contribution is 6.36. The van der Waals surface area contributed by atoms with E-state index in [1.807, 2.05) is 36.4 Å². The van der Waals surface area contributed by atoms with E-state index in [2.05, 4.69) is 10.3 Å². The maximum atomic E-state index is 12.9. The highest BCUT2D eigenvalue weighted by atomic mass is 35.5. The minimum Gasteiger partial charge on any atom is -0.436 e. The van der Waals surface area contributed by atoms with E-state index in [9.17, 15) is 4.79 Å². The molecule has 0 bridgehead atoms. The lowest BCUT2D eigenvalue weighted by atomic mass is 10.1. The zero-order chi connectivity index (χ0) is 19.5. The number of aromatic nitrogens is 1. The second kappa shape index (κ2) is 7.89. The van der Waals surface area contributed by atoms with Crippen molar-refractivity contribution in [2.24, 2.45) is 0 Å². The summed E-state index contributed by atoms with van der Waals surface area (Å²) < 4.78 is 5.90. The third-order valence-electron chi connectivity index (χ3n) is 4.14. The van der Waals surface area contributed by atoms with Gasteiger partial charge in [0.1, 0.15) is 0 Å². The number of benzene rings is 3. The fraction of sp³-hybridized carbons (Fsp3) is 0. The van der Waals surface area contributed by atoms with Crippen molar-refractivity contribution in [1.29, 1.82) is 0 Å². The third-order valence-corrected chi connectivity index (χ3v) is 4.71. The summed E-state index contributed by atoms with van der Waals surface area (Å²) in [4.78, 5) is 17.2. The molecule has 0 unspecified atom stereocenters. The van der Waals surface area contributed by atoms with Crippen molar-refractivity contribution in [2.45, 2.75) is 0 Å². The van der Waals surface area contributed by atoms with Crippen molar-refractivity contribution in [3.63, 3.8) is 0 Å². The maximum Gasteiger partial charge on any atom is 0.256 e. The van der Waals surface area contributed by atoms with Crippen LogP contribution in [0.4, 0.5) is 5.69 Å². The first-order chi connectivity index (χ1) is 13.6. The Morgan fingerprint density at radius 1 is 0.929 bits per heavy atom. The number of carbonyl (C=O) groups is 1. The average Bonchev–Trinajstić information content (AvgIpc) is 3.21. The standard InChI is InChI=1S/C22H14Cl2N2O2/c23-15-10-11-18(24)19(12-15)26-21(27)16-8-4-5-9-17(16)22-25-13-20(28-22)14-6-2-1-3-7-14/h1-13H,(H,26,27). The predicted octanol–water partition coefficient (Wildman–Crippen LogP) is 6.57. The monoisotopic (exact) mass is 408 g/mol. The van der Waals surface area contributed by atoms with Gasteiger partial charge in [-0.2, -0.15) is 0 Å². The van der Waals surface area contributed by atoms with E-state index >= 15 is 0 Å². The third kappa shape index (κ3) is 3.79. The van der Waals surface area contributed by atoms with Gasteiger partial charge in [0, 0.05) is 16.1 Å². The van der Waals surface area contributed by atoms with E-state index in [-0.39, 0.29) is 5.91 Å². The maximum absolute atomic E-state index is 12.9. The summed E-state index contributed by atoms with van der Waals surface area (Å²) >= 11 is 12.2. The Hall–Kier alpha value is -3.08. The summed E-state index contributed by atoms with van der Waals surface area (Å²) in [6.07, 6.45) is 1.65. The quantitative estimate of drug-likeness (QED) is 0.415. The molecule has 1 amide bonds. The second-order valence-corrected chi connectivity index (χ2v) is 6.86. The summed E-state index contributed by atoms with van der Waals surface area (Å²) in [5.41, 5.74) is 2.35. The van der Waals surface area contributed by atoms with Crippen molar-refractivity contribution in [2.75, 3.05) is 5.32 Å². The predicted molar refractivity (Wildman–Crippen MR) is 112 cm³/mol. The Kier molecular flexibility index (Phi) is 5.15. The molecule has 0 saturated carbocycles. The molecule has 0 radical (unpaired) electrons. The number of rotatable bonds is 4. The largest absolute Gasteiger partial charge is 0.436 e. The molecule has 0 spiro atoms. The van der Waals surface area contributed by atoms with Crippen molar-refractivity contribution >= 4 is 34.8 Å². The van der Waals surface area contributed by atoms with Gasteiger partial charge in [0.15, 0.2) is 5.76 Å². The number of carbonyl (C=O) groups excluding carboxylic acids is 1. The Morgan fingerprint density at radius 3 is 2.50 bits per heavy atom. The van der Waals surface area contributed by atoms with E-state index in [0.29, 0.717) is 38.5 Å². The fourth-order valence-electron chi connectivity index (χ4n) is 2.79. The van der Waals surface area contributed by atoms with Crippen LogP contribution in [0, 0.1) is 0 Å². The molecule has 3 aromatic carbocycles. The highest BCUT2D eigenvalue weighted by Crippen LogP contribution is 2.30. The molecule has 4 aromatic rings. The summed E-state index contributed by atoms with van der Waals surface area (Å²) in [6.45, 7) is 0. The second-order valence-electron chi connectivity index (χ2n) is 6.02. The average molecular weight is 409 g/mol. The van der Waals surface area contributed by atoms with Gasteiger partial charge in [0.25, 0.3) is 5.91 Å². The first-order valence-electron chi connectivity index (χ1n) is 8.49. The van der Waals surface area contributed by atoms with Gasteiger partial charge in [-0.1, -0.05) is 65.7 Å². The van der Waals surface area contributed by atoms with Gasteiger partial charge in [0.2, 0.25) is 5.89 Å². The Bertz CT molecular complexity index is 1140. The lowest BCUT2D eigenvalue weighted by Gasteiger charge is -2.10. The van der Waals surface area contributed by atoms with Gasteiger partial charge in [-0.05, 0) is 30.3 Å². The molecule has 1 aromatic heterocycles. The topological polar surface area (TPSA) is 55.1 Å². The molecule has 0 aliphatic carbocycles. The SMILES string of the molecule is O=C(Nc1cc(Cl)ccc1Cl)c1ccccc1-c1ncc(-c2ccccc2)o1. The molecule has 28 heavy (non-hydrogen) atoms. The van der Waals surface area contributed by atoms with E-state index in [1.54, 1.807) is 42.6 Å². The zero-order valence-electron chi connectivity index (χ0n) is 14.5. The lowest BCUT2D eigenvalue weighted by molar-refractivity contribution is 0.102. The number of halogens is 2. The molecular formula is C22H14Cl2N2O2. The van der Waals surface area contributed by atoms with E-state index in [0.717, 1.165) is 5.56 Å². The molecule has 0 saturated heterocycles. The van der Waals surface area contributed by atoms with Crippen LogP contribution in [0.5, 0.6) is 0 Å². The molecular weight excluding hydrogens is 395 g/mol. The normalized spacial score (nSPS) is 10.6. The van der Waals surface area contributed by atoms with Gasteiger partial charge in [-0.15, -0.1) is 0 Å². The Labute approximate surface area is 171 Å². The number of nitrogens with zero attached hydrogens (tertiary/aromatic N) is 1. The van der Waals surface area contributed by atoms with Crippen LogP contribution >= 0.6 is 23.2 Å². The number of hydrogen-bond donors (Lipinski definition) is 1. The van der Waals surface area contributed by atoms with Crippen LogP contribution in [-0.4, -0.2) is 10.9 Å². The molecule has 4 rings (SSSR count). The number of oxazole rings is 1. The van der Waals surface area contributed by atoms with Crippen LogP contribution in [0.2, 0.25) is 10.0 Å². The number of nitrogens with one attached hydrogen (secondary N) is 1. The van der Waals surface area contributed by atoms with Crippen molar-refractivity contribution in [3.8, 4) is 22.8 Å². The number of hydrogen-bond acceptors (Lipinski definition) is 3. The van der Waals surface area contributed by atoms with Crippen LogP contribution in [0.15, 0.2) is 83.4 Å². The van der Waals surface area contributed by atoms with Crippen molar-refractivity contribution in [1.82, 2.24) is 4.98 Å². The summed E-state index contributed by atoms with van der Waals surface area (Å²) in [5.74, 6) is 0.657. The summed E-state index contributed by atoms with van der Waals surface area (Å²) in [7, 11) is 0. The molecule has 4 nitrogen and oxygen atoms in total. The van der Waals surface area contributed by atoms with Gasteiger partial charge >= 0.3 is 0 Å². The Balaban J connectivity index is 1.67. The van der Waals surface area contributed by atoms with Gasteiger partial charge < -0.3 is 9.73 Å². The first kappa shape index (κ1) is 18.3. The van der Waals surface area contributed by atoms with Crippen LogP contribution in [0.3, 0.4) is 0 Å². The van der Waals surface area contributed by atoms with Crippen LogP contribution in [-0.2, 0) is 0 Å². The smallest absolute Gasteiger partial charge is 0.256 e. The number of amides is 1. The molecule has 1 heterocycles. The minimum atomic E-state index is -0.334. The lowest BCUT2D eigenvalue weighted by Crippen LogP contribution is -2.13. The van der Waals surface area contributed by atoms with Crippen LogP contribution in [0.1, 0.15) is 10.4 Å². The van der Waals surface area contributed by atoms with Crippen molar-refractivity contribution in [3.05, 3.63) is 94.6 Å². The molecule has 138 valence electrons. The van der Waals surface area contributed by atoms with E-state index in [1.165, 1.54) is 0 Å². The number of anilines is 1. The summed E-state index contributed by atoms with van der Waals surface area (Å²) in [6, 6.07) is 21.6. The van der Waals surface area contributed by atoms with Gasteiger partial charge in [-0.25, -0.2) is 4.98 Å². The fourth-order valence-corrected chi connectivity index (χ4v) is 3.12. The van der Waals surface area contributed by atoms with Crippen LogP contribution in [0.25, 0.3) is 22.8 Å². The molecule has 1 N–H and O–H groups in total. The van der Waals surface area contributed by atoms with E-state index < -0.39 is 0 Å². The minimum absolute atomic E-state index is 0.334. The molecule has 6 heteroatoms. The Morgan fingerprint density at radius 2 is 1.68 bits per heavy atom. The highest BCUT2D eigenvalue weighted by Gasteiger charge is 2.18. The van der Waals surface area contributed by atoms with Gasteiger partial charge in [0.05, 0.1) is 22.5 Å². The molecule has 0 aliphatic heterocycles.